The van der Waals surface area contributed by atoms with E-state index in [1.54, 1.807) is 0 Å². The number of rotatable bonds is 11. The summed E-state index contributed by atoms with van der Waals surface area (Å²) >= 11 is 0. The van der Waals surface area contributed by atoms with Crippen LogP contribution >= 0.6 is 0 Å². The Hall–Kier alpha value is -0.910. The molecule has 0 aromatic heterocycles. The normalized spacial score (nSPS) is 33.0. The summed E-state index contributed by atoms with van der Waals surface area (Å²) in [5, 5.41) is 29.0. The highest BCUT2D eigenvalue weighted by Gasteiger charge is 2.47. The number of hydrogen-bond donors (Lipinski definition) is 3. The number of hydrogen-bond acceptors (Lipinski definition) is 4. The fourth-order valence-electron chi connectivity index (χ4n) is 4.24. The third-order valence-electron chi connectivity index (χ3n) is 5.62. The van der Waals surface area contributed by atoms with Crippen LogP contribution < -0.4 is 0 Å². The second-order valence-electron chi connectivity index (χ2n) is 7.66. The van der Waals surface area contributed by atoms with Crippen LogP contribution in [0, 0.1) is 11.8 Å². The van der Waals surface area contributed by atoms with E-state index < -0.39 is 12.1 Å². The number of carbonyl (C=O) groups is 1. The molecule has 0 spiro atoms. The van der Waals surface area contributed by atoms with E-state index >= 15 is 0 Å². The molecule has 6 atom stereocenters. The summed E-state index contributed by atoms with van der Waals surface area (Å²) in [5.41, 5.74) is 0. The van der Waals surface area contributed by atoms with Gasteiger partial charge in [-0.25, -0.2) is 0 Å². The van der Waals surface area contributed by atoms with Crippen molar-refractivity contribution >= 4 is 5.97 Å². The quantitative estimate of drug-likeness (QED) is 0.391. The largest absolute Gasteiger partial charge is 0.481 e. The molecule has 1 unspecified atom stereocenters. The molecule has 1 saturated carbocycles. The SMILES string of the molecule is CCCCC[C@H](O)/C=C/[C@@H]1[C@H]2CC(CCCCC(=O)O)O[C@@H]2C[C@H]1O. The Morgan fingerprint density at radius 2 is 2.04 bits per heavy atom. The summed E-state index contributed by atoms with van der Waals surface area (Å²) in [6.45, 7) is 2.15. The topological polar surface area (TPSA) is 87.0 Å². The summed E-state index contributed by atoms with van der Waals surface area (Å²) in [5.74, 6) is -0.358. The molecule has 5 heteroatoms. The van der Waals surface area contributed by atoms with Gasteiger partial charge in [0, 0.05) is 18.8 Å². The van der Waals surface area contributed by atoms with E-state index in [0.717, 1.165) is 44.9 Å². The van der Waals surface area contributed by atoms with Crippen LogP contribution in [0.15, 0.2) is 12.2 Å². The molecule has 25 heavy (non-hydrogen) atoms. The molecule has 1 aliphatic heterocycles. The van der Waals surface area contributed by atoms with Crippen molar-refractivity contribution < 1.29 is 24.9 Å². The van der Waals surface area contributed by atoms with Crippen LogP contribution in [0.5, 0.6) is 0 Å². The first-order valence-electron chi connectivity index (χ1n) is 9.93. The molecule has 144 valence electrons. The van der Waals surface area contributed by atoms with Crippen molar-refractivity contribution in [3.63, 3.8) is 0 Å². The van der Waals surface area contributed by atoms with Gasteiger partial charge in [-0.2, -0.15) is 0 Å². The molecule has 0 aromatic rings. The van der Waals surface area contributed by atoms with Crippen molar-refractivity contribution in [1.29, 1.82) is 0 Å². The summed E-state index contributed by atoms with van der Waals surface area (Å²) in [4.78, 5) is 10.6. The molecule has 0 radical (unpaired) electrons. The molecule has 1 aliphatic carbocycles. The number of fused-ring (bicyclic) bond motifs is 1. The molecule has 0 amide bonds. The Morgan fingerprint density at radius 1 is 1.24 bits per heavy atom. The Balaban J connectivity index is 1.76. The number of aliphatic hydroxyl groups is 2. The summed E-state index contributed by atoms with van der Waals surface area (Å²) in [7, 11) is 0. The predicted molar refractivity (Wildman–Crippen MR) is 96.3 cm³/mol. The Kier molecular flexibility index (Phi) is 8.40. The van der Waals surface area contributed by atoms with E-state index in [1.807, 2.05) is 12.2 Å². The van der Waals surface area contributed by atoms with Gasteiger partial charge in [-0.05, 0) is 31.6 Å². The molecule has 0 aromatic carbocycles. The van der Waals surface area contributed by atoms with Crippen LogP contribution in [0.4, 0.5) is 0 Å². The first-order valence-corrected chi connectivity index (χ1v) is 9.93. The molecule has 1 heterocycles. The fourth-order valence-corrected chi connectivity index (χ4v) is 4.24. The maximum atomic E-state index is 10.6. The fraction of sp³-hybridized carbons (Fsp3) is 0.850. The van der Waals surface area contributed by atoms with Gasteiger partial charge in [-0.3, -0.25) is 4.79 Å². The predicted octanol–water partition coefficient (Wildman–Crippen LogP) is 3.28. The molecule has 2 rings (SSSR count). The highest BCUT2D eigenvalue weighted by atomic mass is 16.5. The highest BCUT2D eigenvalue weighted by molar-refractivity contribution is 5.66. The molecule has 2 fully saturated rings. The lowest BCUT2D eigenvalue weighted by molar-refractivity contribution is -0.137. The molecular weight excluding hydrogens is 320 g/mol. The van der Waals surface area contributed by atoms with Crippen LogP contribution in [0.1, 0.15) is 71.1 Å². The number of aliphatic carboxylic acids is 1. The van der Waals surface area contributed by atoms with Gasteiger partial charge in [-0.15, -0.1) is 0 Å². The maximum Gasteiger partial charge on any atom is 0.303 e. The van der Waals surface area contributed by atoms with Gasteiger partial charge >= 0.3 is 5.97 Å². The second kappa shape index (κ2) is 10.3. The Labute approximate surface area is 151 Å². The van der Waals surface area contributed by atoms with Crippen LogP contribution in [0.3, 0.4) is 0 Å². The Bertz CT molecular complexity index is 436. The van der Waals surface area contributed by atoms with Gasteiger partial charge in [0.25, 0.3) is 0 Å². The van der Waals surface area contributed by atoms with Crippen molar-refractivity contribution in [2.24, 2.45) is 11.8 Å². The van der Waals surface area contributed by atoms with Crippen molar-refractivity contribution in [3.8, 4) is 0 Å². The summed E-state index contributed by atoms with van der Waals surface area (Å²) in [6, 6.07) is 0. The molecule has 2 aliphatic rings. The van der Waals surface area contributed by atoms with Crippen LogP contribution in [0.2, 0.25) is 0 Å². The van der Waals surface area contributed by atoms with Crippen molar-refractivity contribution in [2.45, 2.75) is 95.5 Å². The van der Waals surface area contributed by atoms with E-state index in [9.17, 15) is 15.0 Å². The van der Waals surface area contributed by atoms with Crippen molar-refractivity contribution in [2.75, 3.05) is 0 Å². The molecule has 1 saturated heterocycles. The van der Waals surface area contributed by atoms with Gasteiger partial charge in [0.2, 0.25) is 0 Å². The van der Waals surface area contributed by atoms with E-state index in [2.05, 4.69) is 6.92 Å². The molecular formula is C20H34O5. The average molecular weight is 354 g/mol. The lowest BCUT2D eigenvalue weighted by atomic mass is 9.89. The third-order valence-corrected chi connectivity index (χ3v) is 5.62. The lowest BCUT2D eigenvalue weighted by Gasteiger charge is -2.18. The number of carboxylic acids is 1. The number of ether oxygens (including phenoxy) is 1. The first-order chi connectivity index (χ1) is 12.0. The third kappa shape index (κ3) is 6.39. The number of aliphatic hydroxyl groups excluding tert-OH is 2. The number of carboxylic acid groups (broad SMARTS) is 1. The smallest absolute Gasteiger partial charge is 0.303 e. The van der Waals surface area contributed by atoms with E-state index in [4.69, 9.17) is 9.84 Å². The Morgan fingerprint density at radius 3 is 2.76 bits per heavy atom. The summed E-state index contributed by atoms with van der Waals surface area (Å²) < 4.78 is 6.08. The van der Waals surface area contributed by atoms with Crippen molar-refractivity contribution in [3.05, 3.63) is 12.2 Å². The lowest BCUT2D eigenvalue weighted by Crippen LogP contribution is -2.19. The van der Waals surface area contributed by atoms with Crippen molar-refractivity contribution in [1.82, 2.24) is 0 Å². The minimum Gasteiger partial charge on any atom is -0.481 e. The minimum absolute atomic E-state index is 0.0647. The van der Waals surface area contributed by atoms with Crippen LogP contribution in [-0.2, 0) is 9.53 Å². The average Bonchev–Trinajstić information content (AvgIpc) is 3.06. The molecule has 0 bridgehead atoms. The standard InChI is InChI=1S/C20H34O5/c1-2-3-4-7-14(21)10-11-16-17-12-15(8-5-6-9-20(23)24)25-19(17)13-18(16)22/h10-11,14-19,21-22H,2-9,12-13H2,1H3,(H,23,24)/b11-10+/t14-,15?,16+,17+,18+,19+/m0/s1. The second-order valence-corrected chi connectivity index (χ2v) is 7.66. The maximum absolute atomic E-state index is 10.6. The van der Waals surface area contributed by atoms with E-state index in [1.165, 1.54) is 0 Å². The monoisotopic (exact) mass is 354 g/mol. The zero-order valence-electron chi connectivity index (χ0n) is 15.3. The van der Waals surface area contributed by atoms with Gasteiger partial charge in [0.05, 0.1) is 24.4 Å². The first kappa shape index (κ1) is 20.4. The zero-order chi connectivity index (χ0) is 18.2. The zero-order valence-corrected chi connectivity index (χ0v) is 15.3. The highest BCUT2D eigenvalue weighted by Crippen LogP contribution is 2.45. The van der Waals surface area contributed by atoms with Crippen LogP contribution in [0.25, 0.3) is 0 Å². The van der Waals surface area contributed by atoms with Gasteiger partial charge in [0.1, 0.15) is 0 Å². The van der Waals surface area contributed by atoms with Gasteiger partial charge in [0.15, 0.2) is 0 Å². The van der Waals surface area contributed by atoms with E-state index in [-0.39, 0.29) is 30.7 Å². The van der Waals surface area contributed by atoms with Crippen LogP contribution in [-0.4, -0.2) is 45.7 Å². The number of unbranched alkanes of at least 4 members (excludes halogenated alkanes) is 3. The molecule has 3 N–H and O–H groups in total. The summed E-state index contributed by atoms with van der Waals surface area (Å²) in [6.07, 6.45) is 11.7. The minimum atomic E-state index is -0.741. The van der Waals surface area contributed by atoms with Gasteiger partial charge in [-0.1, -0.05) is 44.8 Å². The van der Waals surface area contributed by atoms with Gasteiger partial charge < -0.3 is 20.1 Å². The van der Waals surface area contributed by atoms with E-state index in [0.29, 0.717) is 18.8 Å². The molecule has 5 nitrogen and oxygen atoms in total.